The fraction of sp³-hybridized carbons (Fsp3) is 0.160. The topological polar surface area (TPSA) is 141 Å². The van der Waals surface area contributed by atoms with E-state index < -0.39 is 6.23 Å². The Labute approximate surface area is 199 Å². The monoisotopic (exact) mass is 466 g/mol. The van der Waals surface area contributed by atoms with Gasteiger partial charge in [0.2, 0.25) is 0 Å². The fourth-order valence-corrected chi connectivity index (χ4v) is 4.14. The molecule has 4 N–H and O–H groups in total. The van der Waals surface area contributed by atoms with Crippen molar-refractivity contribution in [3.8, 4) is 33.8 Å². The number of fused-ring (bicyclic) bond motifs is 2. The largest absolute Gasteiger partial charge is 0.472 e. The minimum Gasteiger partial charge on any atom is -0.472 e. The number of aromatic nitrogens is 7. The molecule has 0 aromatic carbocycles. The number of furan rings is 1. The first kappa shape index (κ1) is 21.0. The zero-order valence-corrected chi connectivity index (χ0v) is 18.9. The summed E-state index contributed by atoms with van der Waals surface area (Å²) in [5.41, 5.74) is 7.07. The lowest BCUT2D eigenvalue weighted by Crippen LogP contribution is -2.18. The second kappa shape index (κ2) is 8.65. The van der Waals surface area contributed by atoms with Gasteiger partial charge in [-0.05, 0) is 30.7 Å². The van der Waals surface area contributed by atoms with Crippen LogP contribution in [0.25, 0.3) is 56.0 Å². The van der Waals surface area contributed by atoms with Crippen molar-refractivity contribution in [2.45, 2.75) is 26.0 Å². The first-order valence-electron chi connectivity index (χ1n) is 11.3. The number of nitrogens with one attached hydrogen (secondary N) is 3. The third kappa shape index (κ3) is 3.89. The van der Waals surface area contributed by atoms with Gasteiger partial charge in [0.25, 0.3) is 0 Å². The Hall–Kier alpha value is -4.57. The van der Waals surface area contributed by atoms with Crippen LogP contribution < -0.4 is 5.32 Å². The SMILES string of the molecule is CCCC(O)Nc1cncc(-c2cnc3n[nH]c(-c4nc5nccc(-c6ccoc6)c5[nH]4)c3c2)c1. The lowest BCUT2D eigenvalue weighted by Gasteiger charge is -2.13. The van der Waals surface area contributed by atoms with Crippen molar-refractivity contribution in [1.29, 1.82) is 0 Å². The van der Waals surface area contributed by atoms with Gasteiger partial charge in [0, 0.05) is 40.8 Å². The molecule has 0 aliphatic carbocycles. The van der Waals surface area contributed by atoms with Gasteiger partial charge < -0.3 is 19.8 Å². The standard InChI is InChI=1S/C25H22N8O2/c1-2-3-20(34)29-17-8-15(10-26-12-17)16-9-19-22(32-33-23(19)28-11-16)25-30-21-18(14-5-7-35-13-14)4-6-27-24(21)31-25/h4-13,20,29,34H,2-3H2,1H3,(H,27,30,31)(H,28,32,33). The Balaban J connectivity index is 1.40. The number of imidazole rings is 1. The number of hydrogen-bond donors (Lipinski definition) is 4. The van der Waals surface area contributed by atoms with Crippen LogP contribution in [0.5, 0.6) is 0 Å². The van der Waals surface area contributed by atoms with Crippen molar-refractivity contribution in [3.05, 3.63) is 61.6 Å². The van der Waals surface area contributed by atoms with E-state index in [9.17, 15) is 5.11 Å². The minimum absolute atomic E-state index is 0.577. The minimum atomic E-state index is -0.619. The van der Waals surface area contributed by atoms with Gasteiger partial charge in [0.15, 0.2) is 17.1 Å². The summed E-state index contributed by atoms with van der Waals surface area (Å²) in [6, 6.07) is 7.76. The molecule has 0 fully saturated rings. The molecule has 0 amide bonds. The van der Waals surface area contributed by atoms with Crippen molar-refractivity contribution < 1.29 is 9.52 Å². The van der Waals surface area contributed by atoms with Crippen LogP contribution in [0.2, 0.25) is 0 Å². The molecule has 0 bridgehead atoms. The number of H-pyrrole nitrogens is 2. The molecule has 0 aliphatic rings. The first-order chi connectivity index (χ1) is 17.2. The van der Waals surface area contributed by atoms with Crippen LogP contribution in [0.4, 0.5) is 5.69 Å². The van der Waals surface area contributed by atoms with Crippen molar-refractivity contribution in [2.24, 2.45) is 0 Å². The van der Waals surface area contributed by atoms with E-state index in [0.29, 0.717) is 29.2 Å². The van der Waals surface area contributed by atoms with Crippen LogP contribution in [0.1, 0.15) is 19.8 Å². The second-order valence-corrected chi connectivity index (χ2v) is 8.26. The highest BCUT2D eigenvalue weighted by Gasteiger charge is 2.17. The number of hydrogen-bond acceptors (Lipinski definition) is 8. The summed E-state index contributed by atoms with van der Waals surface area (Å²) in [6.07, 6.45) is 11.2. The molecule has 35 heavy (non-hydrogen) atoms. The third-order valence-electron chi connectivity index (χ3n) is 5.84. The van der Waals surface area contributed by atoms with Gasteiger partial charge in [-0.1, -0.05) is 13.3 Å². The zero-order chi connectivity index (χ0) is 23.8. The molecule has 0 saturated carbocycles. The molecule has 6 aromatic heterocycles. The molecule has 0 saturated heterocycles. The number of aromatic amines is 2. The predicted octanol–water partition coefficient (Wildman–Crippen LogP) is 4.75. The second-order valence-electron chi connectivity index (χ2n) is 8.26. The van der Waals surface area contributed by atoms with E-state index in [1.54, 1.807) is 37.3 Å². The van der Waals surface area contributed by atoms with E-state index in [1.807, 2.05) is 31.2 Å². The van der Waals surface area contributed by atoms with Crippen molar-refractivity contribution in [2.75, 3.05) is 5.32 Å². The van der Waals surface area contributed by atoms with Gasteiger partial charge in [-0.15, -0.1) is 0 Å². The van der Waals surface area contributed by atoms with Crippen molar-refractivity contribution in [3.63, 3.8) is 0 Å². The summed E-state index contributed by atoms with van der Waals surface area (Å²) in [6.45, 7) is 2.03. The van der Waals surface area contributed by atoms with Crippen LogP contribution in [0.3, 0.4) is 0 Å². The molecule has 10 nitrogen and oxygen atoms in total. The maximum Gasteiger partial charge on any atom is 0.181 e. The molecule has 10 heteroatoms. The zero-order valence-electron chi connectivity index (χ0n) is 18.9. The van der Waals surface area contributed by atoms with E-state index >= 15 is 0 Å². The van der Waals surface area contributed by atoms with Gasteiger partial charge in [-0.3, -0.25) is 10.1 Å². The average molecular weight is 467 g/mol. The number of rotatable bonds is 7. The summed E-state index contributed by atoms with van der Waals surface area (Å²) in [4.78, 5) is 21.3. The predicted molar refractivity (Wildman–Crippen MR) is 132 cm³/mol. The average Bonchev–Trinajstić information content (AvgIpc) is 3.63. The molecule has 0 spiro atoms. The molecule has 1 unspecified atom stereocenters. The molecule has 6 heterocycles. The van der Waals surface area contributed by atoms with E-state index in [0.717, 1.165) is 45.3 Å². The van der Waals surface area contributed by atoms with Gasteiger partial charge in [-0.2, -0.15) is 5.10 Å². The number of anilines is 1. The van der Waals surface area contributed by atoms with Crippen molar-refractivity contribution >= 4 is 27.9 Å². The van der Waals surface area contributed by atoms with Crippen LogP contribution in [-0.2, 0) is 0 Å². The van der Waals surface area contributed by atoms with E-state index in [1.165, 1.54) is 0 Å². The lowest BCUT2D eigenvalue weighted by molar-refractivity contribution is 0.192. The molecular formula is C25H22N8O2. The summed E-state index contributed by atoms with van der Waals surface area (Å²) < 4.78 is 5.25. The van der Waals surface area contributed by atoms with Crippen LogP contribution >= 0.6 is 0 Å². The van der Waals surface area contributed by atoms with Gasteiger partial charge in [0.05, 0.1) is 35.3 Å². The van der Waals surface area contributed by atoms with Gasteiger partial charge in [-0.25, -0.2) is 15.0 Å². The Kier molecular flexibility index (Phi) is 5.19. The number of pyridine rings is 3. The molecule has 174 valence electrons. The molecule has 6 rings (SSSR count). The maximum absolute atomic E-state index is 10.1. The highest BCUT2D eigenvalue weighted by atomic mass is 16.3. The Morgan fingerprint density at radius 2 is 1.97 bits per heavy atom. The maximum atomic E-state index is 10.1. The third-order valence-corrected chi connectivity index (χ3v) is 5.84. The normalized spacial score (nSPS) is 12.4. The van der Waals surface area contributed by atoms with Crippen LogP contribution in [0, 0.1) is 0 Å². The lowest BCUT2D eigenvalue weighted by atomic mass is 10.1. The summed E-state index contributed by atoms with van der Waals surface area (Å²) in [5.74, 6) is 0.612. The van der Waals surface area contributed by atoms with Gasteiger partial charge >= 0.3 is 0 Å². The van der Waals surface area contributed by atoms with E-state index in [4.69, 9.17) is 9.40 Å². The first-order valence-corrected chi connectivity index (χ1v) is 11.3. The number of aliphatic hydroxyl groups is 1. The Bertz CT molecular complexity index is 1620. The van der Waals surface area contributed by atoms with Crippen LogP contribution in [-0.4, -0.2) is 46.5 Å². The molecule has 0 aliphatic heterocycles. The molecule has 6 aromatic rings. The summed E-state index contributed by atoms with van der Waals surface area (Å²) >= 11 is 0. The van der Waals surface area contributed by atoms with E-state index in [-0.39, 0.29) is 0 Å². The Morgan fingerprint density at radius 3 is 2.83 bits per heavy atom. The molecular weight excluding hydrogens is 444 g/mol. The van der Waals surface area contributed by atoms with E-state index in [2.05, 4.69) is 35.5 Å². The molecule has 1 atom stereocenters. The smallest absolute Gasteiger partial charge is 0.181 e. The molecule has 0 radical (unpaired) electrons. The Morgan fingerprint density at radius 1 is 1.06 bits per heavy atom. The number of nitrogens with zero attached hydrogens (tertiary/aromatic N) is 5. The highest BCUT2D eigenvalue weighted by molar-refractivity contribution is 5.96. The fourth-order valence-electron chi connectivity index (χ4n) is 4.14. The summed E-state index contributed by atoms with van der Waals surface area (Å²) in [5, 5.41) is 21.4. The van der Waals surface area contributed by atoms with Gasteiger partial charge in [0.1, 0.15) is 11.9 Å². The quantitative estimate of drug-likeness (QED) is 0.247. The summed E-state index contributed by atoms with van der Waals surface area (Å²) in [7, 11) is 0. The highest BCUT2D eigenvalue weighted by Crippen LogP contribution is 2.32. The number of aliphatic hydroxyl groups excluding tert-OH is 1. The van der Waals surface area contributed by atoms with Crippen molar-refractivity contribution in [1.82, 2.24) is 35.1 Å². The van der Waals surface area contributed by atoms with Crippen LogP contribution in [0.15, 0.2) is 66.0 Å².